The van der Waals surface area contributed by atoms with Gasteiger partial charge in [0.25, 0.3) is 0 Å². The van der Waals surface area contributed by atoms with Crippen molar-refractivity contribution in [3.05, 3.63) is 0 Å². The van der Waals surface area contributed by atoms with E-state index in [1.54, 1.807) is 0 Å². The zero-order valence-electron chi connectivity index (χ0n) is 11.2. The Morgan fingerprint density at radius 1 is 1.12 bits per heavy atom. The molecule has 0 aromatic carbocycles. The Bertz CT molecular complexity index is 196. The van der Waals surface area contributed by atoms with Crippen LogP contribution in [0.5, 0.6) is 0 Å². The Labute approximate surface area is 105 Å². The van der Waals surface area contributed by atoms with Gasteiger partial charge in [0.1, 0.15) is 6.29 Å². The van der Waals surface area contributed by atoms with E-state index in [9.17, 15) is 4.79 Å². The highest BCUT2D eigenvalue weighted by Gasteiger charge is 2.21. The summed E-state index contributed by atoms with van der Waals surface area (Å²) >= 11 is 0. The molecule has 1 saturated carbocycles. The van der Waals surface area contributed by atoms with Crippen molar-refractivity contribution in [2.24, 2.45) is 11.8 Å². The highest BCUT2D eigenvalue weighted by atomic mass is 16.5. The van der Waals surface area contributed by atoms with Gasteiger partial charge in [0, 0.05) is 19.6 Å². The van der Waals surface area contributed by atoms with Crippen LogP contribution < -0.4 is 0 Å². The standard InChI is InChI=1S/C14H26O3/c1-12(2)17-11-14-6-4-13(5-7-14)10-16-9-3-8-15/h8,12-14H,3-7,9-11H2,1-2H3. The molecule has 0 unspecified atom stereocenters. The molecule has 1 aliphatic carbocycles. The van der Waals surface area contributed by atoms with Gasteiger partial charge >= 0.3 is 0 Å². The molecule has 0 radical (unpaired) electrons. The summed E-state index contributed by atoms with van der Waals surface area (Å²) in [6.07, 6.45) is 6.79. The molecule has 0 spiro atoms. The van der Waals surface area contributed by atoms with Crippen molar-refractivity contribution >= 4 is 6.29 Å². The molecule has 0 amide bonds. The van der Waals surface area contributed by atoms with Crippen LogP contribution in [0.3, 0.4) is 0 Å². The van der Waals surface area contributed by atoms with E-state index in [4.69, 9.17) is 9.47 Å². The van der Waals surface area contributed by atoms with Crippen LogP contribution in [-0.2, 0) is 14.3 Å². The first-order valence-corrected chi connectivity index (χ1v) is 6.85. The molecule has 1 aliphatic rings. The van der Waals surface area contributed by atoms with E-state index in [0.717, 1.165) is 25.4 Å². The zero-order valence-corrected chi connectivity index (χ0v) is 11.2. The number of aldehydes is 1. The number of rotatable bonds is 8. The van der Waals surface area contributed by atoms with E-state index in [-0.39, 0.29) is 0 Å². The van der Waals surface area contributed by atoms with Gasteiger partial charge in [0.2, 0.25) is 0 Å². The fourth-order valence-corrected chi connectivity index (χ4v) is 2.27. The molecule has 0 aromatic rings. The van der Waals surface area contributed by atoms with Crippen LogP contribution in [0, 0.1) is 11.8 Å². The van der Waals surface area contributed by atoms with Crippen LogP contribution in [0.25, 0.3) is 0 Å². The minimum Gasteiger partial charge on any atom is -0.381 e. The topological polar surface area (TPSA) is 35.5 Å². The number of carbonyl (C=O) groups excluding carboxylic acids is 1. The SMILES string of the molecule is CC(C)OCC1CCC(COCCC=O)CC1. The maximum absolute atomic E-state index is 10.1. The maximum Gasteiger partial charge on any atom is 0.122 e. The fourth-order valence-electron chi connectivity index (χ4n) is 2.27. The van der Waals surface area contributed by atoms with Crippen LogP contribution in [0.2, 0.25) is 0 Å². The summed E-state index contributed by atoms with van der Waals surface area (Å²) in [4.78, 5) is 10.1. The zero-order chi connectivity index (χ0) is 12.5. The first kappa shape index (κ1) is 14.7. The molecule has 0 N–H and O–H groups in total. The predicted octanol–water partition coefficient (Wildman–Crippen LogP) is 2.82. The van der Waals surface area contributed by atoms with Gasteiger partial charge in [-0.3, -0.25) is 0 Å². The number of carbonyl (C=O) groups is 1. The van der Waals surface area contributed by atoms with E-state index >= 15 is 0 Å². The van der Waals surface area contributed by atoms with E-state index in [1.807, 2.05) is 0 Å². The molecular weight excluding hydrogens is 216 g/mol. The number of hydrogen-bond acceptors (Lipinski definition) is 3. The molecule has 0 bridgehead atoms. The maximum atomic E-state index is 10.1. The molecule has 1 fully saturated rings. The van der Waals surface area contributed by atoms with Crippen LogP contribution in [0.15, 0.2) is 0 Å². The lowest BCUT2D eigenvalue weighted by Gasteiger charge is -2.28. The number of ether oxygens (including phenoxy) is 2. The Morgan fingerprint density at radius 2 is 1.71 bits per heavy atom. The summed E-state index contributed by atoms with van der Waals surface area (Å²) < 4.78 is 11.1. The van der Waals surface area contributed by atoms with Gasteiger partial charge in [0.15, 0.2) is 0 Å². The van der Waals surface area contributed by atoms with Gasteiger partial charge in [-0.1, -0.05) is 0 Å². The van der Waals surface area contributed by atoms with E-state index in [0.29, 0.717) is 25.0 Å². The van der Waals surface area contributed by atoms with Crippen molar-refractivity contribution in [2.75, 3.05) is 19.8 Å². The van der Waals surface area contributed by atoms with Gasteiger partial charge in [-0.2, -0.15) is 0 Å². The van der Waals surface area contributed by atoms with Crippen molar-refractivity contribution in [1.29, 1.82) is 0 Å². The Morgan fingerprint density at radius 3 is 2.24 bits per heavy atom. The van der Waals surface area contributed by atoms with Crippen molar-refractivity contribution in [1.82, 2.24) is 0 Å². The minimum atomic E-state index is 0.347. The van der Waals surface area contributed by atoms with Crippen LogP contribution in [0.4, 0.5) is 0 Å². The third kappa shape index (κ3) is 6.79. The van der Waals surface area contributed by atoms with Gasteiger partial charge in [0.05, 0.1) is 12.7 Å². The first-order valence-electron chi connectivity index (χ1n) is 6.85. The van der Waals surface area contributed by atoms with Crippen molar-refractivity contribution in [3.8, 4) is 0 Å². The highest BCUT2D eigenvalue weighted by Crippen LogP contribution is 2.29. The Hall–Kier alpha value is -0.410. The van der Waals surface area contributed by atoms with Crippen molar-refractivity contribution in [3.63, 3.8) is 0 Å². The second-order valence-corrected chi connectivity index (χ2v) is 5.30. The van der Waals surface area contributed by atoms with Gasteiger partial charge in [-0.05, 0) is 51.4 Å². The average molecular weight is 242 g/mol. The molecule has 3 nitrogen and oxygen atoms in total. The normalized spacial score (nSPS) is 25.1. The van der Waals surface area contributed by atoms with Crippen molar-refractivity contribution < 1.29 is 14.3 Å². The molecule has 0 heterocycles. The van der Waals surface area contributed by atoms with Gasteiger partial charge in [-0.15, -0.1) is 0 Å². The number of hydrogen-bond donors (Lipinski definition) is 0. The second kappa shape index (κ2) is 8.65. The molecule has 0 aromatic heterocycles. The predicted molar refractivity (Wildman–Crippen MR) is 68.0 cm³/mol. The van der Waals surface area contributed by atoms with Crippen LogP contribution in [0.1, 0.15) is 46.0 Å². The lowest BCUT2D eigenvalue weighted by Crippen LogP contribution is -2.23. The van der Waals surface area contributed by atoms with E-state index in [1.165, 1.54) is 25.7 Å². The molecular formula is C14H26O3. The van der Waals surface area contributed by atoms with Crippen LogP contribution >= 0.6 is 0 Å². The Balaban J connectivity index is 2.03. The highest BCUT2D eigenvalue weighted by molar-refractivity contribution is 5.49. The summed E-state index contributed by atoms with van der Waals surface area (Å²) in [6, 6.07) is 0. The summed E-state index contributed by atoms with van der Waals surface area (Å²) in [6.45, 7) is 6.50. The smallest absolute Gasteiger partial charge is 0.122 e. The third-order valence-electron chi connectivity index (χ3n) is 3.37. The third-order valence-corrected chi connectivity index (χ3v) is 3.37. The second-order valence-electron chi connectivity index (χ2n) is 5.30. The Kier molecular flexibility index (Phi) is 7.45. The van der Waals surface area contributed by atoms with Crippen molar-refractivity contribution in [2.45, 2.75) is 52.1 Å². The quantitative estimate of drug-likeness (QED) is 0.485. The molecule has 1 rings (SSSR count). The molecule has 0 saturated heterocycles. The van der Waals surface area contributed by atoms with E-state index < -0.39 is 0 Å². The summed E-state index contributed by atoms with van der Waals surface area (Å²) in [5.74, 6) is 1.43. The summed E-state index contributed by atoms with van der Waals surface area (Å²) in [7, 11) is 0. The summed E-state index contributed by atoms with van der Waals surface area (Å²) in [5.41, 5.74) is 0. The largest absolute Gasteiger partial charge is 0.381 e. The molecule has 0 aliphatic heterocycles. The lowest BCUT2D eigenvalue weighted by atomic mass is 9.83. The minimum absolute atomic E-state index is 0.347. The van der Waals surface area contributed by atoms with E-state index in [2.05, 4.69) is 13.8 Å². The fraction of sp³-hybridized carbons (Fsp3) is 0.929. The first-order chi connectivity index (χ1) is 8.22. The lowest BCUT2D eigenvalue weighted by molar-refractivity contribution is -0.108. The molecule has 100 valence electrons. The molecule has 17 heavy (non-hydrogen) atoms. The summed E-state index contributed by atoms with van der Waals surface area (Å²) in [5, 5.41) is 0. The molecule has 3 heteroatoms. The molecule has 0 atom stereocenters. The van der Waals surface area contributed by atoms with Gasteiger partial charge in [-0.25, -0.2) is 0 Å². The monoisotopic (exact) mass is 242 g/mol. The van der Waals surface area contributed by atoms with Gasteiger partial charge < -0.3 is 14.3 Å². The average Bonchev–Trinajstić information content (AvgIpc) is 2.33. The van der Waals surface area contributed by atoms with Crippen LogP contribution in [-0.4, -0.2) is 32.2 Å².